The predicted octanol–water partition coefficient (Wildman–Crippen LogP) is 10.9. The summed E-state index contributed by atoms with van der Waals surface area (Å²) in [4.78, 5) is 13.3. The van der Waals surface area contributed by atoms with Crippen molar-refractivity contribution in [3.05, 3.63) is 72.8 Å². The first-order valence-corrected chi connectivity index (χ1v) is 19.5. The van der Waals surface area contributed by atoms with Gasteiger partial charge in [-0.05, 0) is 67.4 Å². The lowest BCUT2D eigenvalue weighted by molar-refractivity contribution is -0.117. The molecule has 3 aromatic carbocycles. The number of methoxy groups -OCH3 is 1. The van der Waals surface area contributed by atoms with E-state index >= 15 is 0 Å². The first-order chi connectivity index (χ1) is 24.3. The quantitative estimate of drug-likeness (QED) is 0.0594. The number of hydrogen-bond acceptors (Lipinski definition) is 8. The van der Waals surface area contributed by atoms with Gasteiger partial charge in [0.15, 0.2) is 6.04 Å². The lowest BCUT2D eigenvalue weighted by Gasteiger charge is -2.15. The minimum Gasteiger partial charge on any atom is -0.497 e. The van der Waals surface area contributed by atoms with Crippen LogP contribution >= 0.6 is 0 Å². The highest BCUT2D eigenvalue weighted by atomic mass is 32.2. The Morgan fingerprint density at radius 3 is 1.90 bits per heavy atom. The van der Waals surface area contributed by atoms with Crippen molar-refractivity contribution in [1.82, 2.24) is 0 Å². The van der Waals surface area contributed by atoms with Gasteiger partial charge in [0.25, 0.3) is 16.0 Å². The average molecular weight is 705 g/mol. The van der Waals surface area contributed by atoms with Gasteiger partial charge < -0.3 is 9.47 Å². The molecule has 0 aliphatic carbocycles. The molecule has 270 valence electrons. The molecule has 0 saturated carbocycles. The van der Waals surface area contributed by atoms with Gasteiger partial charge in [0.1, 0.15) is 22.1 Å². The molecular weight excluding hydrogens is 653 g/mol. The highest BCUT2D eigenvalue weighted by Crippen LogP contribution is 2.34. The number of unbranched alkanes of at least 4 members (excludes halogenated alkanes) is 14. The zero-order chi connectivity index (χ0) is 35.6. The lowest BCUT2D eigenvalue weighted by atomic mass is 10.0. The summed E-state index contributed by atoms with van der Waals surface area (Å²) in [5.41, 5.74) is 1.28. The monoisotopic (exact) mass is 704 g/mol. The van der Waals surface area contributed by atoms with E-state index in [4.69, 9.17) is 9.47 Å². The Morgan fingerprint density at radius 2 is 1.34 bits per heavy atom. The normalized spacial score (nSPS) is 14.8. The number of para-hydroxylation sites is 1. The largest absolute Gasteiger partial charge is 0.497 e. The lowest BCUT2D eigenvalue weighted by Crippen LogP contribution is -2.30. The summed E-state index contributed by atoms with van der Waals surface area (Å²) in [6, 6.07) is 18.8. The topological polar surface area (TPSA) is 130 Å². The van der Waals surface area contributed by atoms with Gasteiger partial charge in [-0.2, -0.15) is 28.8 Å². The van der Waals surface area contributed by atoms with Gasteiger partial charge in [0.2, 0.25) is 0 Å². The molecule has 0 spiro atoms. The van der Waals surface area contributed by atoms with Crippen molar-refractivity contribution < 1.29 is 27.2 Å². The molecule has 1 amide bonds. The number of hydrazone groups is 1. The third kappa shape index (κ3) is 12.4. The number of nitrogens with zero attached hydrogens (tertiary/aromatic N) is 4. The molecule has 0 aromatic heterocycles. The van der Waals surface area contributed by atoms with E-state index in [0.29, 0.717) is 29.3 Å². The van der Waals surface area contributed by atoms with Crippen LogP contribution in [0.25, 0.3) is 0 Å². The number of amides is 1. The Labute approximate surface area is 297 Å². The number of carbonyl (C=O) groups excluding carboxylic acids is 1. The van der Waals surface area contributed by atoms with E-state index in [0.717, 1.165) is 24.3 Å². The van der Waals surface area contributed by atoms with Gasteiger partial charge in [-0.1, -0.05) is 115 Å². The maximum atomic E-state index is 13.7. The smallest absolute Gasteiger partial charge is 0.298 e. The number of anilines is 1. The van der Waals surface area contributed by atoms with E-state index in [1.54, 1.807) is 61.7 Å². The zero-order valence-corrected chi connectivity index (χ0v) is 30.3. The van der Waals surface area contributed by atoms with Crippen molar-refractivity contribution >= 4 is 33.1 Å². The van der Waals surface area contributed by atoms with E-state index in [1.807, 2.05) is 0 Å². The number of benzene rings is 3. The highest BCUT2D eigenvalue weighted by molar-refractivity contribution is 7.86. The number of ether oxygens (including phenoxy) is 2. The van der Waals surface area contributed by atoms with Crippen LogP contribution in [0.2, 0.25) is 0 Å². The van der Waals surface area contributed by atoms with Crippen molar-refractivity contribution in [2.45, 2.75) is 121 Å². The van der Waals surface area contributed by atoms with Crippen LogP contribution in [0.3, 0.4) is 0 Å². The summed E-state index contributed by atoms with van der Waals surface area (Å²) in [7, 11) is -3.12. The summed E-state index contributed by atoms with van der Waals surface area (Å²) >= 11 is 0. The molecule has 1 heterocycles. The molecule has 0 saturated heterocycles. The Bertz CT molecular complexity index is 1640. The Morgan fingerprint density at radius 1 is 0.760 bits per heavy atom. The molecule has 1 atom stereocenters. The van der Waals surface area contributed by atoms with E-state index < -0.39 is 27.0 Å². The average Bonchev–Trinajstić information content (AvgIpc) is 3.43. The molecule has 1 N–H and O–H groups in total. The van der Waals surface area contributed by atoms with Gasteiger partial charge in [-0.25, -0.2) is 0 Å². The van der Waals surface area contributed by atoms with E-state index in [9.17, 15) is 17.8 Å². The van der Waals surface area contributed by atoms with Crippen LogP contribution in [-0.2, 0) is 14.9 Å². The van der Waals surface area contributed by atoms with Gasteiger partial charge >= 0.3 is 0 Å². The van der Waals surface area contributed by atoms with Gasteiger partial charge in [-0.3, -0.25) is 9.35 Å². The Balaban J connectivity index is 1.36. The zero-order valence-electron chi connectivity index (χ0n) is 29.5. The number of azo groups is 1. The molecule has 10 nitrogen and oxygen atoms in total. The minimum absolute atomic E-state index is 0.0770. The van der Waals surface area contributed by atoms with Crippen molar-refractivity contribution in [1.29, 1.82) is 0 Å². The van der Waals surface area contributed by atoms with Crippen LogP contribution in [0.5, 0.6) is 17.2 Å². The highest BCUT2D eigenvalue weighted by Gasteiger charge is 2.37. The third-order valence-electron chi connectivity index (χ3n) is 8.81. The first kappa shape index (κ1) is 38.7. The molecule has 50 heavy (non-hydrogen) atoms. The van der Waals surface area contributed by atoms with Gasteiger partial charge in [0, 0.05) is 0 Å². The fourth-order valence-electron chi connectivity index (χ4n) is 5.96. The minimum atomic E-state index is -4.70. The molecule has 1 aliphatic heterocycles. The van der Waals surface area contributed by atoms with E-state index in [1.165, 1.54) is 95.2 Å². The summed E-state index contributed by atoms with van der Waals surface area (Å²) in [5, 5.41) is 14.5. The number of carbonyl (C=O) groups is 1. The molecule has 0 bridgehead atoms. The standard InChI is InChI=1S/C39H52N4O6S/c1-3-4-5-6-7-8-9-10-11-12-13-14-15-16-20-23-35-38(41-40-31-24-27-33(48-2)28-25-31)39(44)43(42-35)32-26-29-36(37(30-32)50(45,46)47)49-34-21-18-17-19-22-34/h17-19,21-22,24-30,38H,3-16,20,23H2,1-2H3,(H,45,46,47)/t38-/m1/s1. The molecule has 11 heteroatoms. The summed E-state index contributed by atoms with van der Waals surface area (Å²) in [5.74, 6) is 0.533. The predicted molar refractivity (Wildman–Crippen MR) is 199 cm³/mol. The SMILES string of the molecule is CCCCCCCCCCCCCCCCCC1=NN(c2ccc(Oc3ccccc3)c(S(=O)(=O)O)c2)C(=O)[C@@H]1N=Nc1ccc(OC)cc1. The summed E-state index contributed by atoms with van der Waals surface area (Å²) in [6.45, 7) is 2.26. The molecule has 3 aromatic rings. The maximum Gasteiger partial charge on any atom is 0.298 e. The second kappa shape index (κ2) is 20.6. The fraction of sp³-hybridized carbons (Fsp3) is 0.487. The molecule has 4 rings (SSSR count). The van der Waals surface area contributed by atoms with Crippen LogP contribution in [-0.4, -0.2) is 37.7 Å². The Kier molecular flexibility index (Phi) is 15.9. The van der Waals surface area contributed by atoms with E-state index in [-0.39, 0.29) is 11.4 Å². The Hall–Kier alpha value is -4.09. The molecule has 0 unspecified atom stereocenters. The molecule has 0 fully saturated rings. The van der Waals surface area contributed by atoms with Gasteiger partial charge in [0.05, 0.1) is 24.2 Å². The van der Waals surface area contributed by atoms with Crippen LogP contribution in [0.4, 0.5) is 11.4 Å². The van der Waals surface area contributed by atoms with Crippen LogP contribution in [0.15, 0.2) is 93.0 Å². The van der Waals surface area contributed by atoms with Crippen LogP contribution < -0.4 is 14.5 Å². The summed E-state index contributed by atoms with van der Waals surface area (Å²) < 4.78 is 45.8. The third-order valence-corrected chi connectivity index (χ3v) is 9.68. The second-order valence-corrected chi connectivity index (χ2v) is 14.2. The molecule has 1 aliphatic rings. The number of rotatable bonds is 23. The van der Waals surface area contributed by atoms with E-state index in [2.05, 4.69) is 22.3 Å². The van der Waals surface area contributed by atoms with Crippen molar-refractivity contribution in [3.8, 4) is 17.2 Å². The van der Waals surface area contributed by atoms with Crippen LogP contribution in [0, 0.1) is 0 Å². The van der Waals surface area contributed by atoms with Crippen molar-refractivity contribution in [2.24, 2.45) is 15.3 Å². The fourth-order valence-corrected chi connectivity index (χ4v) is 6.59. The van der Waals surface area contributed by atoms with Crippen molar-refractivity contribution in [2.75, 3.05) is 12.1 Å². The number of hydrogen-bond donors (Lipinski definition) is 1. The van der Waals surface area contributed by atoms with Crippen LogP contribution in [0.1, 0.15) is 110 Å². The van der Waals surface area contributed by atoms with Gasteiger partial charge in [-0.15, -0.1) is 0 Å². The second-order valence-electron chi connectivity index (χ2n) is 12.8. The van der Waals surface area contributed by atoms with Crippen molar-refractivity contribution in [3.63, 3.8) is 0 Å². The molecular formula is C39H52N4O6S. The summed E-state index contributed by atoms with van der Waals surface area (Å²) in [6.07, 6.45) is 19.4. The first-order valence-electron chi connectivity index (χ1n) is 18.1. The molecule has 0 radical (unpaired) electrons. The maximum absolute atomic E-state index is 13.7.